The molecule has 1 amide bonds. The number of anilines is 1. The Hall–Kier alpha value is -1.73. The highest BCUT2D eigenvalue weighted by Gasteiger charge is 2.49. The number of carboxylic acid groups (broad SMARTS) is 1. The van der Waals surface area contributed by atoms with Crippen LogP contribution in [0, 0.1) is 0 Å². The van der Waals surface area contributed by atoms with Crippen LogP contribution < -0.4 is 15.5 Å². The Balaban J connectivity index is 1.60. The predicted octanol–water partition coefficient (Wildman–Crippen LogP) is 7.07. The van der Waals surface area contributed by atoms with Crippen molar-refractivity contribution in [2.24, 2.45) is 0 Å². The molecular formula is C31H53N3O3S. The molecule has 0 spiro atoms. The van der Waals surface area contributed by atoms with Gasteiger partial charge in [0.1, 0.15) is 6.04 Å². The molecule has 1 aromatic carbocycles. The van der Waals surface area contributed by atoms with Gasteiger partial charge in [0.15, 0.2) is 4.87 Å². The van der Waals surface area contributed by atoms with Crippen LogP contribution in [0.2, 0.25) is 0 Å². The van der Waals surface area contributed by atoms with Crippen molar-refractivity contribution >= 4 is 29.3 Å². The first-order valence-corrected chi connectivity index (χ1v) is 16.1. The average molecular weight is 548 g/mol. The molecule has 0 saturated carbocycles. The van der Waals surface area contributed by atoms with Gasteiger partial charge >= 0.3 is 5.97 Å². The van der Waals surface area contributed by atoms with Gasteiger partial charge in [0.2, 0.25) is 0 Å². The van der Waals surface area contributed by atoms with Crippen molar-refractivity contribution in [2.45, 2.75) is 121 Å². The predicted molar refractivity (Wildman–Crippen MR) is 162 cm³/mol. The first-order chi connectivity index (χ1) is 18.4. The smallest absolute Gasteiger partial charge is 0.321 e. The Morgan fingerprint density at radius 3 is 1.76 bits per heavy atom. The van der Waals surface area contributed by atoms with Gasteiger partial charge in [-0.05, 0) is 24.1 Å². The number of hydrogen-bond acceptors (Lipinski definition) is 5. The van der Waals surface area contributed by atoms with E-state index in [0.717, 1.165) is 24.1 Å². The third-order valence-electron chi connectivity index (χ3n) is 7.57. The molecule has 1 heterocycles. The molecule has 2 atom stereocenters. The summed E-state index contributed by atoms with van der Waals surface area (Å²) in [6.07, 6.45) is 21.2. The van der Waals surface area contributed by atoms with E-state index in [4.69, 9.17) is 0 Å². The van der Waals surface area contributed by atoms with Crippen LogP contribution in [-0.2, 0) is 14.5 Å². The number of carbonyl (C=O) groups is 2. The third kappa shape index (κ3) is 11.2. The van der Waals surface area contributed by atoms with Crippen molar-refractivity contribution in [1.29, 1.82) is 0 Å². The maximum absolute atomic E-state index is 13.3. The topological polar surface area (TPSA) is 81.7 Å². The third-order valence-corrected chi connectivity index (χ3v) is 9.04. The number of benzene rings is 1. The summed E-state index contributed by atoms with van der Waals surface area (Å²) in [5.74, 6) is -0.711. The molecule has 1 aliphatic rings. The minimum atomic E-state index is -1.07. The van der Waals surface area contributed by atoms with Crippen LogP contribution in [0.1, 0.15) is 115 Å². The highest BCUT2D eigenvalue weighted by molar-refractivity contribution is 8.01. The van der Waals surface area contributed by atoms with Gasteiger partial charge in [-0.3, -0.25) is 14.9 Å². The minimum absolute atomic E-state index is 0.148. The molecule has 0 aromatic heterocycles. The van der Waals surface area contributed by atoms with Crippen molar-refractivity contribution in [1.82, 2.24) is 10.6 Å². The highest BCUT2D eigenvalue weighted by Crippen LogP contribution is 2.40. The summed E-state index contributed by atoms with van der Waals surface area (Å²) in [6.45, 7) is 2.89. The van der Waals surface area contributed by atoms with E-state index in [2.05, 4.69) is 17.6 Å². The monoisotopic (exact) mass is 547 g/mol. The lowest BCUT2D eigenvalue weighted by atomic mass is 10.0. The maximum atomic E-state index is 13.3. The number of thioether (sulfide) groups is 1. The van der Waals surface area contributed by atoms with Gasteiger partial charge in [0, 0.05) is 32.1 Å². The second-order valence-corrected chi connectivity index (χ2v) is 12.3. The van der Waals surface area contributed by atoms with Crippen LogP contribution in [0.3, 0.4) is 0 Å². The average Bonchev–Trinajstić information content (AvgIpc) is 3.38. The second kappa shape index (κ2) is 18.5. The number of amides is 1. The Morgan fingerprint density at radius 1 is 0.868 bits per heavy atom. The highest BCUT2D eigenvalue weighted by atomic mass is 32.2. The van der Waals surface area contributed by atoms with Gasteiger partial charge in [-0.1, -0.05) is 115 Å². The Bertz CT molecular complexity index is 802. The van der Waals surface area contributed by atoms with Crippen LogP contribution in [0.4, 0.5) is 5.69 Å². The SMILES string of the molecule is CCCCCCCCCCCCCCCCCCNC(=O)C1(c2ccc(N(C)C)cc2)N[C@H](C(=O)O)CS1. The lowest BCUT2D eigenvalue weighted by Gasteiger charge is -2.29. The standard InChI is InChI=1S/C31H53N3O3S/c1-4-5-6-7-8-9-10-11-12-13-14-15-16-17-18-19-24-32-30(37)31(33-28(25-38-31)29(35)36)26-20-22-27(23-21-26)34(2)3/h20-23,28,33H,4-19,24-25H2,1-3H3,(H,32,37)(H,35,36)/t28-,31?/m0/s1. The molecule has 3 N–H and O–H groups in total. The molecule has 7 heteroatoms. The van der Waals surface area contributed by atoms with Crippen molar-refractivity contribution in [2.75, 3.05) is 31.3 Å². The number of nitrogens with zero attached hydrogens (tertiary/aromatic N) is 1. The molecule has 1 unspecified atom stereocenters. The minimum Gasteiger partial charge on any atom is -0.480 e. The molecule has 2 rings (SSSR count). The zero-order chi connectivity index (χ0) is 27.6. The Kier molecular flexibility index (Phi) is 15.8. The summed E-state index contributed by atoms with van der Waals surface area (Å²) in [4.78, 5) is 25.9. The molecule has 216 valence electrons. The molecule has 1 fully saturated rings. The lowest BCUT2D eigenvalue weighted by Crippen LogP contribution is -2.52. The van der Waals surface area contributed by atoms with Crippen LogP contribution in [0.25, 0.3) is 0 Å². The molecule has 0 radical (unpaired) electrons. The van der Waals surface area contributed by atoms with Gasteiger partial charge in [-0.15, -0.1) is 11.8 Å². The molecule has 1 saturated heterocycles. The molecular weight excluding hydrogens is 494 g/mol. The van der Waals surface area contributed by atoms with Crippen LogP contribution >= 0.6 is 11.8 Å². The van der Waals surface area contributed by atoms with E-state index in [9.17, 15) is 14.7 Å². The van der Waals surface area contributed by atoms with Crippen LogP contribution in [0.5, 0.6) is 0 Å². The van der Waals surface area contributed by atoms with Gasteiger partial charge in [-0.2, -0.15) is 0 Å². The van der Waals surface area contributed by atoms with E-state index < -0.39 is 16.9 Å². The zero-order valence-electron chi connectivity index (χ0n) is 24.2. The van der Waals surface area contributed by atoms with Gasteiger partial charge in [-0.25, -0.2) is 0 Å². The molecule has 6 nitrogen and oxygen atoms in total. The Morgan fingerprint density at radius 2 is 1.34 bits per heavy atom. The fourth-order valence-electron chi connectivity index (χ4n) is 5.09. The summed E-state index contributed by atoms with van der Waals surface area (Å²) >= 11 is 1.37. The van der Waals surface area contributed by atoms with E-state index in [0.29, 0.717) is 12.3 Å². The van der Waals surface area contributed by atoms with Gasteiger partial charge in [0.05, 0.1) is 0 Å². The number of nitrogens with one attached hydrogen (secondary N) is 2. The largest absolute Gasteiger partial charge is 0.480 e. The van der Waals surface area contributed by atoms with E-state index in [1.54, 1.807) is 0 Å². The maximum Gasteiger partial charge on any atom is 0.321 e. The quantitative estimate of drug-likeness (QED) is 0.143. The molecule has 38 heavy (non-hydrogen) atoms. The fraction of sp³-hybridized carbons (Fsp3) is 0.742. The molecule has 1 aromatic rings. The van der Waals surface area contributed by atoms with Crippen molar-refractivity contribution < 1.29 is 14.7 Å². The van der Waals surface area contributed by atoms with E-state index in [1.165, 1.54) is 102 Å². The summed E-state index contributed by atoms with van der Waals surface area (Å²) in [7, 11) is 3.94. The number of hydrogen-bond donors (Lipinski definition) is 3. The summed E-state index contributed by atoms with van der Waals surface area (Å²) < 4.78 is 0. The Labute approximate surface area is 236 Å². The van der Waals surface area contributed by atoms with Crippen molar-refractivity contribution in [3.63, 3.8) is 0 Å². The molecule has 0 aliphatic carbocycles. The summed E-state index contributed by atoms with van der Waals surface area (Å²) in [6, 6.07) is 7.04. The van der Waals surface area contributed by atoms with Gasteiger partial charge in [0.25, 0.3) is 5.91 Å². The van der Waals surface area contributed by atoms with Gasteiger partial charge < -0.3 is 15.3 Å². The second-order valence-electron chi connectivity index (χ2n) is 11.0. The number of unbranched alkanes of at least 4 members (excludes halogenated alkanes) is 15. The summed E-state index contributed by atoms with van der Waals surface area (Å²) in [5.41, 5.74) is 1.83. The number of carbonyl (C=O) groups excluding carboxylic acids is 1. The lowest BCUT2D eigenvalue weighted by molar-refractivity contribution is -0.139. The fourth-order valence-corrected chi connectivity index (χ4v) is 6.47. The first kappa shape index (κ1) is 32.5. The first-order valence-electron chi connectivity index (χ1n) is 15.1. The number of aliphatic carboxylic acids is 1. The number of rotatable bonds is 21. The molecule has 0 bridgehead atoms. The van der Waals surface area contributed by atoms with E-state index >= 15 is 0 Å². The summed E-state index contributed by atoms with van der Waals surface area (Å²) in [5, 5.41) is 15.7. The normalized spacial score (nSPS) is 19.0. The molecule has 1 aliphatic heterocycles. The van der Waals surface area contributed by atoms with Crippen molar-refractivity contribution in [3.8, 4) is 0 Å². The number of carboxylic acids is 1. The zero-order valence-corrected chi connectivity index (χ0v) is 25.1. The van der Waals surface area contributed by atoms with E-state index in [1.807, 2.05) is 43.3 Å². The van der Waals surface area contributed by atoms with Crippen LogP contribution in [0.15, 0.2) is 24.3 Å². The van der Waals surface area contributed by atoms with E-state index in [-0.39, 0.29) is 5.91 Å². The van der Waals surface area contributed by atoms with Crippen molar-refractivity contribution in [3.05, 3.63) is 29.8 Å². The van der Waals surface area contributed by atoms with Crippen LogP contribution in [-0.4, -0.2) is 49.4 Å².